The van der Waals surface area contributed by atoms with Crippen LogP contribution in [0.2, 0.25) is 0 Å². The van der Waals surface area contributed by atoms with Crippen molar-refractivity contribution < 1.29 is 8.42 Å². The largest absolute Gasteiger partial charge is 0.280 e. The second-order valence-electron chi connectivity index (χ2n) is 6.11. The number of nitrogens with one attached hydrogen (secondary N) is 1. The Morgan fingerprint density at radius 2 is 1.58 bits per heavy atom. The van der Waals surface area contributed by atoms with Crippen LogP contribution >= 0.6 is 11.3 Å². The first-order valence-corrected chi connectivity index (χ1v) is 9.96. The van der Waals surface area contributed by atoms with E-state index >= 15 is 0 Å². The number of sulfonamides is 1. The summed E-state index contributed by atoms with van der Waals surface area (Å²) in [6.07, 6.45) is 0. The van der Waals surface area contributed by atoms with Crippen molar-refractivity contribution in [3.63, 3.8) is 0 Å². The minimum Gasteiger partial charge on any atom is -0.280 e. The highest BCUT2D eigenvalue weighted by atomic mass is 32.2. The summed E-state index contributed by atoms with van der Waals surface area (Å²) in [4.78, 5) is 4.79. The quantitative estimate of drug-likeness (QED) is 0.740. The number of rotatable bonds is 3. The number of nitrogens with zero attached hydrogens (tertiary/aromatic N) is 1. The summed E-state index contributed by atoms with van der Waals surface area (Å²) in [6.45, 7) is 9.51. The Morgan fingerprint density at radius 1 is 0.958 bits per heavy atom. The maximum atomic E-state index is 13.0. The van der Waals surface area contributed by atoms with Crippen LogP contribution in [-0.2, 0) is 10.0 Å². The smallest absolute Gasteiger partial charge is 0.262 e. The van der Waals surface area contributed by atoms with E-state index in [1.54, 1.807) is 23.5 Å². The van der Waals surface area contributed by atoms with Gasteiger partial charge < -0.3 is 0 Å². The molecule has 1 N–H and O–H groups in total. The summed E-state index contributed by atoms with van der Waals surface area (Å²) < 4.78 is 29.7. The van der Waals surface area contributed by atoms with Crippen molar-refractivity contribution in [2.24, 2.45) is 0 Å². The van der Waals surface area contributed by atoms with Gasteiger partial charge in [-0.05, 0) is 75.1 Å². The number of hydrogen-bond acceptors (Lipinski definition) is 4. The van der Waals surface area contributed by atoms with E-state index in [0.717, 1.165) is 37.5 Å². The van der Waals surface area contributed by atoms with Crippen LogP contribution in [0.5, 0.6) is 0 Å². The van der Waals surface area contributed by atoms with Crippen molar-refractivity contribution in [3.05, 3.63) is 51.5 Å². The van der Waals surface area contributed by atoms with Crippen molar-refractivity contribution in [2.75, 3.05) is 4.72 Å². The van der Waals surface area contributed by atoms with Crippen LogP contribution in [-0.4, -0.2) is 13.4 Å². The minimum absolute atomic E-state index is 0.370. The van der Waals surface area contributed by atoms with Gasteiger partial charge in [0.2, 0.25) is 0 Å². The van der Waals surface area contributed by atoms with Gasteiger partial charge in [-0.2, -0.15) is 0 Å². The molecule has 0 atom stereocenters. The highest BCUT2D eigenvalue weighted by Gasteiger charge is 2.22. The third-order valence-electron chi connectivity index (χ3n) is 4.31. The summed E-state index contributed by atoms with van der Waals surface area (Å²) in [6, 6.07) is 7.49. The number of benzene rings is 2. The van der Waals surface area contributed by atoms with Crippen molar-refractivity contribution in [1.82, 2.24) is 4.98 Å². The Morgan fingerprint density at radius 3 is 2.21 bits per heavy atom. The molecule has 0 aliphatic heterocycles. The SMILES string of the molecule is Cc1nc2cc(NS(=O)(=O)c3c(C)c(C)cc(C)c3C)ccc2s1. The molecule has 0 bridgehead atoms. The van der Waals surface area contributed by atoms with Gasteiger partial charge in [-0.15, -0.1) is 11.3 Å². The fourth-order valence-corrected chi connectivity index (χ4v) is 5.37. The van der Waals surface area contributed by atoms with Gasteiger partial charge >= 0.3 is 0 Å². The van der Waals surface area contributed by atoms with Gasteiger partial charge in [0, 0.05) is 0 Å². The molecule has 2 aromatic carbocycles. The molecule has 24 heavy (non-hydrogen) atoms. The fraction of sp³-hybridized carbons (Fsp3) is 0.278. The number of anilines is 1. The van der Waals surface area contributed by atoms with Crippen LogP contribution in [0, 0.1) is 34.6 Å². The molecular formula is C18H20N2O2S2. The third kappa shape index (κ3) is 2.91. The lowest BCUT2D eigenvalue weighted by molar-refractivity contribution is 0.599. The van der Waals surface area contributed by atoms with E-state index in [2.05, 4.69) is 9.71 Å². The van der Waals surface area contributed by atoms with Gasteiger partial charge in [-0.3, -0.25) is 4.72 Å². The molecule has 0 aliphatic rings. The number of fused-ring (bicyclic) bond motifs is 1. The topological polar surface area (TPSA) is 59.1 Å². The zero-order chi connectivity index (χ0) is 17.6. The normalized spacial score (nSPS) is 11.9. The zero-order valence-corrected chi connectivity index (χ0v) is 16.0. The molecule has 1 aromatic heterocycles. The van der Waals surface area contributed by atoms with Crippen LogP contribution in [0.4, 0.5) is 5.69 Å². The first-order valence-electron chi connectivity index (χ1n) is 7.66. The Bertz CT molecular complexity index is 1020. The number of hydrogen-bond donors (Lipinski definition) is 1. The van der Waals surface area contributed by atoms with Gasteiger partial charge in [0.1, 0.15) is 0 Å². The van der Waals surface area contributed by atoms with Crippen LogP contribution in [0.3, 0.4) is 0 Å². The van der Waals surface area contributed by atoms with Crippen molar-refractivity contribution in [1.29, 1.82) is 0 Å². The molecule has 0 saturated heterocycles. The summed E-state index contributed by atoms with van der Waals surface area (Å²) in [5, 5.41) is 0.964. The van der Waals surface area contributed by atoms with Crippen LogP contribution in [0.25, 0.3) is 10.2 Å². The highest BCUT2D eigenvalue weighted by Crippen LogP contribution is 2.29. The van der Waals surface area contributed by atoms with Gasteiger partial charge in [0.25, 0.3) is 10.0 Å². The fourth-order valence-electron chi connectivity index (χ4n) is 2.90. The van der Waals surface area contributed by atoms with E-state index in [9.17, 15) is 8.42 Å². The average Bonchev–Trinajstić information content (AvgIpc) is 2.84. The van der Waals surface area contributed by atoms with E-state index in [-0.39, 0.29) is 0 Å². The van der Waals surface area contributed by atoms with Crippen molar-refractivity contribution in [2.45, 2.75) is 39.5 Å². The van der Waals surface area contributed by atoms with Gasteiger partial charge in [0.05, 0.1) is 25.8 Å². The third-order valence-corrected chi connectivity index (χ3v) is 6.92. The van der Waals surface area contributed by atoms with E-state index in [0.29, 0.717) is 10.6 Å². The van der Waals surface area contributed by atoms with Crippen LogP contribution in [0.15, 0.2) is 29.2 Å². The first kappa shape index (κ1) is 16.9. The highest BCUT2D eigenvalue weighted by molar-refractivity contribution is 7.92. The Balaban J connectivity index is 2.08. The second kappa shape index (κ2) is 5.86. The van der Waals surface area contributed by atoms with Crippen LogP contribution in [0.1, 0.15) is 27.3 Å². The summed E-state index contributed by atoms with van der Waals surface area (Å²) in [5.74, 6) is 0. The average molecular weight is 361 g/mol. The molecule has 4 nitrogen and oxygen atoms in total. The molecule has 0 fully saturated rings. The molecule has 0 saturated carbocycles. The monoisotopic (exact) mass is 360 g/mol. The first-order chi connectivity index (χ1) is 11.2. The molecule has 3 aromatic rings. The summed E-state index contributed by atoms with van der Waals surface area (Å²) in [7, 11) is -3.66. The van der Waals surface area contributed by atoms with Crippen molar-refractivity contribution in [3.8, 4) is 0 Å². The lowest BCUT2D eigenvalue weighted by atomic mass is 10.0. The molecule has 0 spiro atoms. The summed E-state index contributed by atoms with van der Waals surface area (Å²) in [5.41, 5.74) is 4.87. The molecule has 0 amide bonds. The molecule has 0 radical (unpaired) electrons. The van der Waals surface area contributed by atoms with Gasteiger partial charge in [-0.1, -0.05) is 6.07 Å². The van der Waals surface area contributed by atoms with E-state index in [1.807, 2.05) is 46.8 Å². The number of aromatic nitrogens is 1. The predicted molar refractivity (Wildman–Crippen MR) is 101 cm³/mol. The number of aryl methyl sites for hydroxylation is 3. The molecule has 3 rings (SSSR count). The summed E-state index contributed by atoms with van der Waals surface area (Å²) >= 11 is 1.60. The maximum absolute atomic E-state index is 13.0. The molecule has 0 aliphatic carbocycles. The lowest BCUT2D eigenvalue weighted by Gasteiger charge is -2.16. The molecular weight excluding hydrogens is 340 g/mol. The predicted octanol–water partition coefficient (Wildman–Crippen LogP) is 4.64. The number of thiazole rings is 1. The van der Waals surface area contributed by atoms with E-state index in [4.69, 9.17) is 0 Å². The van der Waals surface area contributed by atoms with Gasteiger partial charge in [-0.25, -0.2) is 13.4 Å². The van der Waals surface area contributed by atoms with Gasteiger partial charge in [0.15, 0.2) is 0 Å². The molecule has 126 valence electrons. The van der Waals surface area contributed by atoms with Crippen LogP contribution < -0.4 is 4.72 Å². The molecule has 1 heterocycles. The van der Waals surface area contributed by atoms with Crippen molar-refractivity contribution >= 4 is 37.3 Å². The Hall–Kier alpha value is -1.92. The van der Waals surface area contributed by atoms with E-state index in [1.165, 1.54) is 0 Å². The molecule has 0 unspecified atom stereocenters. The standard InChI is InChI=1S/C18H20N2O2S2/c1-10-8-11(2)13(4)18(12(10)3)24(21,22)20-15-6-7-17-16(9-15)19-14(5)23-17/h6-9,20H,1-5H3. The second-order valence-corrected chi connectivity index (χ2v) is 8.96. The zero-order valence-electron chi connectivity index (χ0n) is 14.4. The minimum atomic E-state index is -3.66. The van der Waals surface area contributed by atoms with E-state index < -0.39 is 10.0 Å². The lowest BCUT2D eigenvalue weighted by Crippen LogP contribution is -2.17. The Labute approximate surface area is 146 Å². The molecule has 6 heteroatoms. The maximum Gasteiger partial charge on any atom is 0.262 e. The Kier molecular flexibility index (Phi) is 4.13.